The molecule has 0 fully saturated rings. The van der Waals surface area contributed by atoms with Gasteiger partial charge in [0, 0.05) is 34.2 Å². The summed E-state index contributed by atoms with van der Waals surface area (Å²) in [5.41, 5.74) is 0.401. The molecular formula is C23H24ClN3O3S. The van der Waals surface area contributed by atoms with Gasteiger partial charge in [-0.1, -0.05) is 29.8 Å². The van der Waals surface area contributed by atoms with Gasteiger partial charge in [-0.25, -0.2) is 0 Å². The number of ether oxygens (including phenoxy) is 1. The van der Waals surface area contributed by atoms with Crippen LogP contribution in [0.5, 0.6) is 5.75 Å². The average Bonchev–Trinajstić information content (AvgIpc) is 3.16. The van der Waals surface area contributed by atoms with Crippen LogP contribution in [0.4, 0.5) is 0 Å². The Kier molecular flexibility index (Phi) is 7.06. The van der Waals surface area contributed by atoms with Gasteiger partial charge in [-0.05, 0) is 42.1 Å². The maximum absolute atomic E-state index is 12.6. The second-order valence-corrected chi connectivity index (χ2v) is 9.01. The summed E-state index contributed by atoms with van der Waals surface area (Å²) in [6, 6.07) is 15.4. The summed E-state index contributed by atoms with van der Waals surface area (Å²) in [7, 11) is 0. The number of halogens is 1. The van der Waals surface area contributed by atoms with Gasteiger partial charge < -0.3 is 15.4 Å². The molecule has 0 bridgehead atoms. The quantitative estimate of drug-likeness (QED) is 0.615. The van der Waals surface area contributed by atoms with Crippen LogP contribution in [-0.4, -0.2) is 49.5 Å². The van der Waals surface area contributed by atoms with Crippen LogP contribution in [0, 0.1) is 0 Å². The van der Waals surface area contributed by atoms with E-state index < -0.39 is 0 Å². The lowest BCUT2D eigenvalue weighted by molar-refractivity contribution is -0.122. The van der Waals surface area contributed by atoms with E-state index in [-0.39, 0.29) is 18.4 Å². The van der Waals surface area contributed by atoms with Gasteiger partial charge in [-0.2, -0.15) is 0 Å². The van der Waals surface area contributed by atoms with E-state index in [0.29, 0.717) is 49.1 Å². The summed E-state index contributed by atoms with van der Waals surface area (Å²) in [6.45, 7) is 2.81. The predicted molar refractivity (Wildman–Crippen MR) is 124 cm³/mol. The molecule has 0 atom stereocenters. The zero-order valence-electron chi connectivity index (χ0n) is 17.0. The zero-order valence-corrected chi connectivity index (χ0v) is 18.6. The van der Waals surface area contributed by atoms with E-state index in [1.54, 1.807) is 29.5 Å². The highest BCUT2D eigenvalue weighted by molar-refractivity contribution is 7.19. The molecule has 2 amide bonds. The van der Waals surface area contributed by atoms with Crippen molar-refractivity contribution in [3.63, 3.8) is 0 Å². The van der Waals surface area contributed by atoms with Gasteiger partial charge in [-0.15, -0.1) is 11.3 Å². The molecule has 1 aliphatic heterocycles. The molecule has 2 heterocycles. The highest BCUT2D eigenvalue weighted by atomic mass is 35.5. The van der Waals surface area contributed by atoms with Gasteiger partial charge in [0.15, 0.2) is 0 Å². The average molecular weight is 458 g/mol. The smallest absolute Gasteiger partial charge is 0.255 e. The zero-order chi connectivity index (χ0) is 21.6. The minimum Gasteiger partial charge on any atom is -0.491 e. The first kappa shape index (κ1) is 21.6. The monoisotopic (exact) mass is 457 g/mol. The van der Waals surface area contributed by atoms with Crippen molar-refractivity contribution in [1.29, 1.82) is 0 Å². The summed E-state index contributed by atoms with van der Waals surface area (Å²) in [4.78, 5) is 28.4. The second kappa shape index (κ2) is 10.1. The van der Waals surface area contributed by atoms with Gasteiger partial charge in [0.25, 0.3) is 5.91 Å². The van der Waals surface area contributed by atoms with Gasteiger partial charge in [0.2, 0.25) is 5.91 Å². The number of nitrogens with one attached hydrogen (secondary N) is 2. The SMILES string of the molecule is O=C1CN(Cc2cc3ccccc3s2)CCCNC(=O)c2cc(Cl)ccc2OCCN1. The fraction of sp³-hybridized carbons (Fsp3) is 0.304. The van der Waals surface area contributed by atoms with E-state index in [2.05, 4.69) is 33.7 Å². The Morgan fingerprint density at radius 3 is 2.81 bits per heavy atom. The van der Waals surface area contributed by atoms with Crippen molar-refractivity contribution in [2.75, 3.05) is 32.8 Å². The van der Waals surface area contributed by atoms with E-state index in [9.17, 15) is 9.59 Å². The molecule has 0 unspecified atom stereocenters. The van der Waals surface area contributed by atoms with E-state index in [4.69, 9.17) is 16.3 Å². The van der Waals surface area contributed by atoms with Crippen molar-refractivity contribution in [3.8, 4) is 5.75 Å². The van der Waals surface area contributed by atoms with Gasteiger partial charge >= 0.3 is 0 Å². The Morgan fingerprint density at radius 2 is 1.94 bits per heavy atom. The summed E-state index contributed by atoms with van der Waals surface area (Å²) in [6.07, 6.45) is 0.723. The molecule has 0 saturated carbocycles. The van der Waals surface area contributed by atoms with Crippen molar-refractivity contribution < 1.29 is 14.3 Å². The molecule has 0 saturated heterocycles. The number of fused-ring (bicyclic) bond motifs is 2. The Morgan fingerprint density at radius 1 is 1.06 bits per heavy atom. The summed E-state index contributed by atoms with van der Waals surface area (Å²) < 4.78 is 6.96. The standard InChI is InChI=1S/C23H24ClN3O3S/c24-17-6-7-20-19(13-17)23(29)26-8-3-10-27(15-22(28)25-9-11-30-20)14-18-12-16-4-1-2-5-21(16)31-18/h1-2,4-7,12-13H,3,8-11,14-15H2,(H,25,28)(H,26,29). The normalized spacial score (nSPS) is 16.7. The second-order valence-electron chi connectivity index (χ2n) is 7.41. The van der Waals surface area contributed by atoms with Crippen LogP contribution in [-0.2, 0) is 11.3 Å². The molecule has 4 rings (SSSR count). The molecule has 1 aliphatic rings. The number of hydrogen-bond donors (Lipinski definition) is 2. The molecule has 6 nitrogen and oxygen atoms in total. The molecule has 8 heteroatoms. The Balaban J connectivity index is 1.45. The first-order valence-corrected chi connectivity index (χ1v) is 11.4. The first-order chi connectivity index (χ1) is 15.1. The van der Waals surface area contributed by atoms with Crippen LogP contribution in [0.2, 0.25) is 5.02 Å². The highest BCUT2D eigenvalue weighted by Crippen LogP contribution is 2.26. The molecule has 3 aromatic rings. The summed E-state index contributed by atoms with van der Waals surface area (Å²) in [5, 5.41) is 7.53. The number of hydrogen-bond acceptors (Lipinski definition) is 5. The maximum Gasteiger partial charge on any atom is 0.255 e. The van der Waals surface area contributed by atoms with Crippen molar-refractivity contribution in [3.05, 3.63) is 64.0 Å². The molecule has 2 aromatic carbocycles. The Bertz CT molecular complexity index is 1050. The molecule has 1 aromatic heterocycles. The fourth-order valence-corrected chi connectivity index (χ4v) is 4.84. The molecule has 162 valence electrons. The molecular weight excluding hydrogens is 434 g/mol. The number of rotatable bonds is 2. The third-order valence-corrected chi connectivity index (χ3v) is 6.36. The predicted octanol–water partition coefficient (Wildman–Crippen LogP) is 3.69. The van der Waals surface area contributed by atoms with Gasteiger partial charge in [-0.3, -0.25) is 14.5 Å². The fourth-order valence-electron chi connectivity index (χ4n) is 3.56. The van der Waals surface area contributed by atoms with Crippen molar-refractivity contribution >= 4 is 44.8 Å². The van der Waals surface area contributed by atoms with Crippen LogP contribution in [0.3, 0.4) is 0 Å². The van der Waals surface area contributed by atoms with Crippen molar-refractivity contribution in [2.45, 2.75) is 13.0 Å². The lowest BCUT2D eigenvalue weighted by atomic mass is 10.2. The topological polar surface area (TPSA) is 70.7 Å². The Hall–Kier alpha value is -2.61. The maximum atomic E-state index is 12.6. The third-order valence-electron chi connectivity index (χ3n) is 5.03. The number of thiophene rings is 1. The van der Waals surface area contributed by atoms with Crippen LogP contribution >= 0.6 is 22.9 Å². The number of carbonyl (C=O) groups excluding carboxylic acids is 2. The van der Waals surface area contributed by atoms with Crippen LogP contribution < -0.4 is 15.4 Å². The highest BCUT2D eigenvalue weighted by Gasteiger charge is 2.16. The lowest BCUT2D eigenvalue weighted by Crippen LogP contribution is -2.40. The van der Waals surface area contributed by atoms with Gasteiger partial charge in [0.05, 0.1) is 18.7 Å². The minimum atomic E-state index is -0.213. The van der Waals surface area contributed by atoms with Crippen molar-refractivity contribution in [1.82, 2.24) is 15.5 Å². The van der Waals surface area contributed by atoms with E-state index in [0.717, 1.165) is 6.42 Å². The Labute approximate surface area is 190 Å². The first-order valence-electron chi connectivity index (χ1n) is 10.3. The number of amides is 2. The molecule has 0 aliphatic carbocycles. The van der Waals surface area contributed by atoms with Crippen LogP contribution in [0.25, 0.3) is 10.1 Å². The van der Waals surface area contributed by atoms with Crippen LogP contribution in [0.1, 0.15) is 21.7 Å². The van der Waals surface area contributed by atoms with E-state index in [1.807, 2.05) is 12.1 Å². The number of benzene rings is 2. The van der Waals surface area contributed by atoms with E-state index >= 15 is 0 Å². The number of carbonyl (C=O) groups is 2. The summed E-state index contributed by atoms with van der Waals surface area (Å²) >= 11 is 7.81. The lowest BCUT2D eigenvalue weighted by Gasteiger charge is -2.22. The largest absolute Gasteiger partial charge is 0.491 e. The molecule has 0 radical (unpaired) electrons. The molecule has 31 heavy (non-hydrogen) atoms. The summed E-state index contributed by atoms with van der Waals surface area (Å²) in [5.74, 6) is 0.205. The van der Waals surface area contributed by atoms with Crippen molar-refractivity contribution in [2.24, 2.45) is 0 Å². The number of nitrogens with zero attached hydrogens (tertiary/aromatic N) is 1. The van der Waals surface area contributed by atoms with E-state index in [1.165, 1.54) is 15.0 Å². The van der Waals surface area contributed by atoms with Crippen LogP contribution in [0.15, 0.2) is 48.5 Å². The minimum absolute atomic E-state index is 0.0397. The van der Waals surface area contributed by atoms with Gasteiger partial charge in [0.1, 0.15) is 12.4 Å². The molecule has 2 N–H and O–H groups in total. The third kappa shape index (κ3) is 5.76. The molecule has 0 spiro atoms.